The van der Waals surface area contributed by atoms with E-state index in [1.54, 1.807) is 11.9 Å². The highest BCUT2D eigenvalue weighted by Gasteiger charge is 2.24. The third-order valence-corrected chi connectivity index (χ3v) is 4.07. The molecule has 1 fully saturated rings. The van der Waals surface area contributed by atoms with Gasteiger partial charge in [-0.15, -0.1) is 0 Å². The van der Waals surface area contributed by atoms with Gasteiger partial charge >= 0.3 is 6.09 Å². The zero-order valence-corrected chi connectivity index (χ0v) is 14.9. The number of carbonyl (C=O) groups is 1. The zero-order valence-electron chi connectivity index (χ0n) is 14.9. The normalized spacial score (nSPS) is 16.2. The fraction of sp³-hybridized carbons (Fsp3) is 0.688. The SMILES string of the molecule is CCOC(=O)N1CCC(NC(=NC)NCc2nc(C)c(C)o2)CC1. The minimum atomic E-state index is -0.229. The van der Waals surface area contributed by atoms with Gasteiger partial charge < -0.3 is 24.7 Å². The van der Waals surface area contributed by atoms with Gasteiger partial charge in [-0.3, -0.25) is 4.99 Å². The molecule has 8 nitrogen and oxygen atoms in total. The molecule has 0 bridgehead atoms. The molecular weight excluding hydrogens is 310 g/mol. The first-order chi connectivity index (χ1) is 11.5. The van der Waals surface area contributed by atoms with E-state index in [0.29, 0.717) is 38.1 Å². The Morgan fingerprint density at radius 2 is 2.12 bits per heavy atom. The number of likely N-dealkylation sites (tertiary alicyclic amines) is 1. The summed E-state index contributed by atoms with van der Waals surface area (Å²) in [6.07, 6.45) is 1.49. The van der Waals surface area contributed by atoms with E-state index in [-0.39, 0.29) is 12.1 Å². The van der Waals surface area contributed by atoms with Gasteiger partial charge in [0, 0.05) is 26.2 Å². The van der Waals surface area contributed by atoms with Crippen molar-refractivity contribution >= 4 is 12.1 Å². The minimum absolute atomic E-state index is 0.229. The number of amides is 1. The molecule has 24 heavy (non-hydrogen) atoms. The van der Waals surface area contributed by atoms with Crippen molar-refractivity contribution in [3.8, 4) is 0 Å². The molecule has 0 atom stereocenters. The summed E-state index contributed by atoms with van der Waals surface area (Å²) in [6, 6.07) is 0.273. The maximum Gasteiger partial charge on any atom is 0.409 e. The molecule has 1 amide bonds. The molecular formula is C16H27N5O3. The Morgan fingerprint density at radius 3 is 2.67 bits per heavy atom. The van der Waals surface area contributed by atoms with E-state index in [0.717, 1.165) is 24.3 Å². The predicted octanol–water partition coefficient (Wildman–Crippen LogP) is 1.58. The number of aliphatic imine (C=N–C) groups is 1. The topological polar surface area (TPSA) is 92.0 Å². The highest BCUT2D eigenvalue weighted by molar-refractivity contribution is 5.79. The number of rotatable bonds is 4. The molecule has 0 aromatic carbocycles. The molecule has 2 rings (SSSR count). The second-order valence-corrected chi connectivity index (χ2v) is 5.78. The Bertz CT molecular complexity index is 557. The quantitative estimate of drug-likeness (QED) is 0.640. The number of carbonyl (C=O) groups excluding carboxylic acids is 1. The highest BCUT2D eigenvalue weighted by Crippen LogP contribution is 2.12. The molecule has 0 radical (unpaired) electrons. The van der Waals surface area contributed by atoms with Crippen molar-refractivity contribution in [3.63, 3.8) is 0 Å². The molecule has 1 saturated heterocycles. The van der Waals surface area contributed by atoms with Gasteiger partial charge in [-0.05, 0) is 33.6 Å². The van der Waals surface area contributed by atoms with Crippen molar-refractivity contribution in [2.75, 3.05) is 26.7 Å². The molecule has 0 spiro atoms. The van der Waals surface area contributed by atoms with E-state index in [1.807, 2.05) is 20.8 Å². The van der Waals surface area contributed by atoms with Crippen molar-refractivity contribution in [3.05, 3.63) is 17.3 Å². The van der Waals surface area contributed by atoms with Crippen LogP contribution in [0.1, 0.15) is 37.1 Å². The monoisotopic (exact) mass is 337 g/mol. The van der Waals surface area contributed by atoms with Crippen molar-refractivity contribution in [2.45, 2.75) is 46.2 Å². The van der Waals surface area contributed by atoms with E-state index >= 15 is 0 Å². The van der Waals surface area contributed by atoms with Gasteiger partial charge in [-0.2, -0.15) is 0 Å². The second kappa shape index (κ2) is 8.56. The van der Waals surface area contributed by atoms with Gasteiger partial charge in [0.15, 0.2) is 5.96 Å². The number of piperidine rings is 1. The number of aryl methyl sites for hydroxylation is 2. The molecule has 0 saturated carbocycles. The van der Waals surface area contributed by atoms with Crippen LogP contribution in [-0.4, -0.2) is 54.7 Å². The van der Waals surface area contributed by atoms with Gasteiger partial charge in [-0.25, -0.2) is 9.78 Å². The van der Waals surface area contributed by atoms with Gasteiger partial charge in [0.05, 0.1) is 18.8 Å². The number of ether oxygens (including phenoxy) is 1. The molecule has 1 aliphatic heterocycles. The molecule has 134 valence electrons. The number of nitrogens with one attached hydrogen (secondary N) is 2. The fourth-order valence-corrected chi connectivity index (χ4v) is 2.58. The number of oxazole rings is 1. The first kappa shape index (κ1) is 18.1. The van der Waals surface area contributed by atoms with Crippen LogP contribution in [0, 0.1) is 13.8 Å². The van der Waals surface area contributed by atoms with Gasteiger partial charge in [-0.1, -0.05) is 0 Å². The van der Waals surface area contributed by atoms with E-state index in [1.165, 1.54) is 0 Å². The summed E-state index contributed by atoms with van der Waals surface area (Å²) < 4.78 is 10.6. The van der Waals surface area contributed by atoms with Crippen LogP contribution in [0.25, 0.3) is 0 Å². The lowest BCUT2D eigenvalue weighted by molar-refractivity contribution is 0.0963. The Hall–Kier alpha value is -2.25. The lowest BCUT2D eigenvalue weighted by atomic mass is 10.1. The van der Waals surface area contributed by atoms with Crippen molar-refractivity contribution in [1.29, 1.82) is 0 Å². The first-order valence-corrected chi connectivity index (χ1v) is 8.35. The van der Waals surface area contributed by atoms with Crippen LogP contribution >= 0.6 is 0 Å². The van der Waals surface area contributed by atoms with Gasteiger partial charge in [0.1, 0.15) is 5.76 Å². The largest absolute Gasteiger partial charge is 0.450 e. The molecule has 2 N–H and O–H groups in total. The number of hydrogen-bond donors (Lipinski definition) is 2. The molecule has 1 aromatic heterocycles. The van der Waals surface area contributed by atoms with E-state index in [4.69, 9.17) is 9.15 Å². The second-order valence-electron chi connectivity index (χ2n) is 5.78. The van der Waals surface area contributed by atoms with Gasteiger partial charge in [0.25, 0.3) is 0 Å². The average Bonchev–Trinajstić information content (AvgIpc) is 2.90. The van der Waals surface area contributed by atoms with Crippen molar-refractivity contribution < 1.29 is 13.9 Å². The van der Waals surface area contributed by atoms with E-state index < -0.39 is 0 Å². The van der Waals surface area contributed by atoms with Crippen LogP contribution in [0.5, 0.6) is 0 Å². The molecule has 2 heterocycles. The van der Waals surface area contributed by atoms with Crippen molar-refractivity contribution in [1.82, 2.24) is 20.5 Å². The summed E-state index contributed by atoms with van der Waals surface area (Å²) >= 11 is 0. The third kappa shape index (κ3) is 4.87. The maximum atomic E-state index is 11.7. The standard InChI is InChI=1S/C16H27N5O3/c1-5-23-16(22)21-8-6-13(7-9-21)20-15(17-4)18-10-14-19-11(2)12(3)24-14/h13H,5-10H2,1-4H3,(H2,17,18,20). The summed E-state index contributed by atoms with van der Waals surface area (Å²) in [6.45, 7) is 7.91. The van der Waals surface area contributed by atoms with Crippen LogP contribution in [-0.2, 0) is 11.3 Å². The lowest BCUT2D eigenvalue weighted by Crippen LogP contribution is -2.49. The van der Waals surface area contributed by atoms with Crippen LogP contribution < -0.4 is 10.6 Å². The Labute approximate surface area is 142 Å². The molecule has 1 aromatic rings. The Balaban J connectivity index is 1.76. The summed E-state index contributed by atoms with van der Waals surface area (Å²) in [5, 5.41) is 6.58. The van der Waals surface area contributed by atoms with Crippen molar-refractivity contribution in [2.24, 2.45) is 4.99 Å². The van der Waals surface area contributed by atoms with Gasteiger partial charge in [0.2, 0.25) is 5.89 Å². The van der Waals surface area contributed by atoms with Crippen LogP contribution in [0.2, 0.25) is 0 Å². The van der Waals surface area contributed by atoms with Crippen LogP contribution in [0.3, 0.4) is 0 Å². The number of nitrogens with zero attached hydrogens (tertiary/aromatic N) is 3. The lowest BCUT2D eigenvalue weighted by Gasteiger charge is -2.32. The molecule has 8 heteroatoms. The Kier molecular flexibility index (Phi) is 6.45. The maximum absolute atomic E-state index is 11.7. The molecule has 0 unspecified atom stereocenters. The average molecular weight is 337 g/mol. The summed E-state index contributed by atoms with van der Waals surface area (Å²) in [5.41, 5.74) is 0.904. The first-order valence-electron chi connectivity index (χ1n) is 8.35. The molecule has 1 aliphatic rings. The molecule has 0 aliphatic carbocycles. The fourth-order valence-electron chi connectivity index (χ4n) is 2.58. The highest BCUT2D eigenvalue weighted by atomic mass is 16.6. The summed E-state index contributed by atoms with van der Waals surface area (Å²) in [4.78, 5) is 22.0. The Morgan fingerprint density at radius 1 is 1.42 bits per heavy atom. The summed E-state index contributed by atoms with van der Waals surface area (Å²) in [7, 11) is 1.73. The third-order valence-electron chi connectivity index (χ3n) is 4.07. The van der Waals surface area contributed by atoms with Crippen LogP contribution in [0.4, 0.5) is 4.79 Å². The number of hydrogen-bond acceptors (Lipinski definition) is 5. The number of aromatic nitrogens is 1. The van der Waals surface area contributed by atoms with Crippen LogP contribution in [0.15, 0.2) is 9.41 Å². The van der Waals surface area contributed by atoms with E-state index in [9.17, 15) is 4.79 Å². The number of guanidine groups is 1. The minimum Gasteiger partial charge on any atom is -0.450 e. The zero-order chi connectivity index (χ0) is 17.5. The summed E-state index contributed by atoms with van der Waals surface area (Å²) in [5.74, 6) is 2.18. The van der Waals surface area contributed by atoms with E-state index in [2.05, 4.69) is 20.6 Å². The predicted molar refractivity (Wildman–Crippen MR) is 90.9 cm³/mol. The smallest absolute Gasteiger partial charge is 0.409 e.